The molecule has 28 heavy (non-hydrogen) atoms. The lowest BCUT2D eigenvalue weighted by Gasteiger charge is -2.26. The van der Waals surface area contributed by atoms with Gasteiger partial charge in [0.05, 0.1) is 4.92 Å². The van der Waals surface area contributed by atoms with Gasteiger partial charge in [-0.1, -0.05) is 18.2 Å². The minimum atomic E-state index is -1.02. The molecule has 0 unspecified atom stereocenters. The summed E-state index contributed by atoms with van der Waals surface area (Å²) in [5.41, 5.74) is -1.01. The zero-order valence-corrected chi connectivity index (χ0v) is 17.2. The Balaban J connectivity index is 2.81. The van der Waals surface area contributed by atoms with Crippen LogP contribution in [0, 0.1) is 10.1 Å². The fourth-order valence-corrected chi connectivity index (χ4v) is 2.21. The number of ether oxygens (including phenoxy) is 2. The van der Waals surface area contributed by atoms with Crippen LogP contribution >= 0.6 is 0 Å². The molecule has 0 bridgehead atoms. The Labute approximate surface area is 164 Å². The molecular formula is C19H29N3O6. The highest BCUT2D eigenvalue weighted by Crippen LogP contribution is 2.17. The summed E-state index contributed by atoms with van der Waals surface area (Å²) in [7, 11) is 0. The van der Waals surface area contributed by atoms with E-state index in [0.717, 1.165) is 0 Å². The fourth-order valence-electron chi connectivity index (χ4n) is 2.21. The number of carbonyl (C=O) groups is 2. The average Bonchev–Trinajstić information content (AvgIpc) is 2.50. The maximum absolute atomic E-state index is 12.4. The van der Waals surface area contributed by atoms with E-state index in [9.17, 15) is 19.7 Å². The summed E-state index contributed by atoms with van der Waals surface area (Å²) in [6.45, 7) is 10.4. The van der Waals surface area contributed by atoms with Crippen LogP contribution in [0.15, 0.2) is 24.3 Å². The Hall–Kier alpha value is -2.68. The summed E-state index contributed by atoms with van der Waals surface area (Å²) in [5.74, 6) is -0.631. The van der Waals surface area contributed by atoms with Crippen molar-refractivity contribution in [1.29, 1.82) is 0 Å². The van der Waals surface area contributed by atoms with E-state index in [0.29, 0.717) is 5.56 Å². The van der Waals surface area contributed by atoms with Crippen molar-refractivity contribution in [2.75, 3.05) is 6.54 Å². The van der Waals surface area contributed by atoms with Gasteiger partial charge >= 0.3 is 12.1 Å². The van der Waals surface area contributed by atoms with Crippen LogP contribution < -0.4 is 10.6 Å². The summed E-state index contributed by atoms with van der Waals surface area (Å²) in [6, 6.07) is 5.27. The third-order valence-corrected chi connectivity index (χ3v) is 3.23. The molecule has 9 nitrogen and oxygen atoms in total. The van der Waals surface area contributed by atoms with Crippen LogP contribution in [0.4, 0.5) is 10.5 Å². The zero-order chi connectivity index (χ0) is 21.5. The molecule has 0 aliphatic rings. The second-order valence-corrected chi connectivity index (χ2v) is 8.25. The maximum atomic E-state index is 12.4. The Morgan fingerprint density at radius 1 is 1.07 bits per heavy atom. The first-order valence-electron chi connectivity index (χ1n) is 8.94. The SMILES string of the molecule is CC(C)(C)OC(=O)N[C@@H](CNCc1ccccc1[N+](=O)[O-])C(=O)OC(C)(C)C. The lowest BCUT2D eigenvalue weighted by Crippen LogP contribution is -2.50. The Bertz CT molecular complexity index is 706. The van der Waals surface area contributed by atoms with Gasteiger partial charge in [-0.2, -0.15) is 0 Å². The highest BCUT2D eigenvalue weighted by atomic mass is 16.6. The van der Waals surface area contributed by atoms with Crippen LogP contribution in [-0.4, -0.2) is 40.8 Å². The first kappa shape index (κ1) is 23.4. The van der Waals surface area contributed by atoms with Crippen molar-refractivity contribution in [2.45, 2.75) is 65.3 Å². The zero-order valence-electron chi connectivity index (χ0n) is 17.2. The highest BCUT2D eigenvalue weighted by molar-refractivity contribution is 5.82. The Kier molecular flexibility index (Phi) is 7.92. The summed E-state index contributed by atoms with van der Waals surface area (Å²) < 4.78 is 10.5. The number of amides is 1. The monoisotopic (exact) mass is 395 g/mol. The second kappa shape index (κ2) is 9.50. The van der Waals surface area contributed by atoms with Crippen molar-refractivity contribution in [3.05, 3.63) is 39.9 Å². The van der Waals surface area contributed by atoms with Crippen molar-refractivity contribution >= 4 is 17.7 Å². The molecule has 1 aromatic rings. The van der Waals surface area contributed by atoms with E-state index in [4.69, 9.17) is 9.47 Å². The number of para-hydroxylation sites is 1. The molecule has 0 aromatic heterocycles. The molecule has 0 aliphatic carbocycles. The molecule has 2 N–H and O–H groups in total. The topological polar surface area (TPSA) is 120 Å². The van der Waals surface area contributed by atoms with Crippen LogP contribution in [0.3, 0.4) is 0 Å². The Morgan fingerprint density at radius 3 is 2.18 bits per heavy atom. The van der Waals surface area contributed by atoms with Gasteiger partial charge in [0.25, 0.3) is 5.69 Å². The first-order chi connectivity index (χ1) is 12.8. The third-order valence-electron chi connectivity index (χ3n) is 3.23. The van der Waals surface area contributed by atoms with Gasteiger partial charge in [0.15, 0.2) is 0 Å². The molecule has 0 radical (unpaired) electrons. The molecule has 1 atom stereocenters. The van der Waals surface area contributed by atoms with Crippen LogP contribution in [0.1, 0.15) is 47.1 Å². The maximum Gasteiger partial charge on any atom is 0.408 e. The summed E-state index contributed by atoms with van der Waals surface area (Å²) in [5, 5.41) is 16.5. The largest absolute Gasteiger partial charge is 0.458 e. The lowest BCUT2D eigenvalue weighted by atomic mass is 10.1. The molecule has 1 aromatic carbocycles. The van der Waals surface area contributed by atoms with E-state index >= 15 is 0 Å². The molecule has 0 fully saturated rings. The smallest absolute Gasteiger partial charge is 0.408 e. The molecule has 0 heterocycles. The number of nitrogens with zero attached hydrogens (tertiary/aromatic N) is 1. The third kappa shape index (κ3) is 8.81. The van der Waals surface area contributed by atoms with Crippen molar-refractivity contribution in [3.8, 4) is 0 Å². The summed E-state index contributed by atoms with van der Waals surface area (Å²) in [4.78, 5) is 35.1. The van der Waals surface area contributed by atoms with Crippen molar-refractivity contribution in [2.24, 2.45) is 0 Å². The molecule has 1 amide bonds. The van der Waals surface area contributed by atoms with E-state index in [1.807, 2.05) is 0 Å². The van der Waals surface area contributed by atoms with Gasteiger partial charge in [0, 0.05) is 24.7 Å². The standard InChI is InChI=1S/C19H29N3O6/c1-18(2,3)27-16(23)14(21-17(24)28-19(4,5)6)12-20-11-13-9-7-8-10-15(13)22(25)26/h7-10,14,20H,11-12H2,1-6H3,(H,21,24)/t14-/m0/s1. The number of esters is 1. The number of benzene rings is 1. The average molecular weight is 395 g/mol. The van der Waals surface area contributed by atoms with Crippen molar-refractivity contribution < 1.29 is 24.0 Å². The Morgan fingerprint density at radius 2 is 1.64 bits per heavy atom. The van der Waals surface area contributed by atoms with E-state index in [-0.39, 0.29) is 18.8 Å². The van der Waals surface area contributed by atoms with Crippen LogP contribution in [0.2, 0.25) is 0 Å². The van der Waals surface area contributed by atoms with E-state index in [2.05, 4.69) is 10.6 Å². The van der Waals surface area contributed by atoms with E-state index in [1.165, 1.54) is 6.07 Å². The second-order valence-electron chi connectivity index (χ2n) is 8.25. The fraction of sp³-hybridized carbons (Fsp3) is 0.579. The lowest BCUT2D eigenvalue weighted by molar-refractivity contribution is -0.385. The van der Waals surface area contributed by atoms with E-state index in [1.54, 1.807) is 59.7 Å². The van der Waals surface area contributed by atoms with Crippen molar-refractivity contribution in [3.63, 3.8) is 0 Å². The molecule has 156 valence electrons. The number of nitrogens with one attached hydrogen (secondary N) is 2. The molecule has 0 saturated heterocycles. The number of nitro groups is 1. The minimum absolute atomic E-state index is 0.0141. The van der Waals surface area contributed by atoms with Gasteiger partial charge < -0.3 is 20.1 Å². The molecule has 0 saturated carbocycles. The number of carbonyl (C=O) groups excluding carboxylic acids is 2. The summed E-state index contributed by atoms with van der Waals surface area (Å²) >= 11 is 0. The number of rotatable bonds is 7. The summed E-state index contributed by atoms with van der Waals surface area (Å²) in [6.07, 6.45) is -0.754. The van der Waals surface area contributed by atoms with E-state index < -0.39 is 34.2 Å². The molecular weight excluding hydrogens is 366 g/mol. The van der Waals surface area contributed by atoms with Crippen LogP contribution in [-0.2, 0) is 20.8 Å². The molecule has 9 heteroatoms. The highest BCUT2D eigenvalue weighted by Gasteiger charge is 2.28. The quantitative estimate of drug-likeness (QED) is 0.414. The van der Waals surface area contributed by atoms with Crippen LogP contribution in [0.25, 0.3) is 0 Å². The van der Waals surface area contributed by atoms with Gasteiger partial charge in [0.1, 0.15) is 17.2 Å². The van der Waals surface area contributed by atoms with Gasteiger partial charge in [0.2, 0.25) is 0 Å². The van der Waals surface area contributed by atoms with Crippen LogP contribution in [0.5, 0.6) is 0 Å². The number of alkyl carbamates (subject to hydrolysis) is 1. The molecule has 0 spiro atoms. The first-order valence-corrected chi connectivity index (χ1v) is 8.94. The number of hydrogen-bond acceptors (Lipinski definition) is 7. The van der Waals surface area contributed by atoms with Gasteiger partial charge in [-0.15, -0.1) is 0 Å². The van der Waals surface area contributed by atoms with Gasteiger partial charge in [-0.25, -0.2) is 9.59 Å². The minimum Gasteiger partial charge on any atom is -0.458 e. The predicted octanol–water partition coefficient (Wildman–Crippen LogP) is 2.92. The van der Waals surface area contributed by atoms with Gasteiger partial charge in [-0.3, -0.25) is 10.1 Å². The molecule has 1 rings (SSSR count). The number of hydrogen-bond donors (Lipinski definition) is 2. The van der Waals surface area contributed by atoms with Gasteiger partial charge in [-0.05, 0) is 41.5 Å². The predicted molar refractivity (Wildman–Crippen MR) is 104 cm³/mol. The van der Waals surface area contributed by atoms with Crippen molar-refractivity contribution in [1.82, 2.24) is 10.6 Å². The molecule has 0 aliphatic heterocycles. The number of nitro benzene ring substituents is 1. The normalized spacial score (nSPS) is 12.8.